The van der Waals surface area contributed by atoms with Crippen molar-refractivity contribution >= 4 is 17.6 Å². The number of amides is 1. The minimum absolute atomic E-state index is 0.101. The summed E-state index contributed by atoms with van der Waals surface area (Å²) in [7, 11) is 0. The van der Waals surface area contributed by atoms with E-state index in [9.17, 15) is 9.59 Å². The van der Waals surface area contributed by atoms with Crippen molar-refractivity contribution in [3.05, 3.63) is 82.7 Å². The summed E-state index contributed by atoms with van der Waals surface area (Å²) in [5.74, 6) is -0.247. The summed E-state index contributed by atoms with van der Waals surface area (Å²) < 4.78 is 10.3. The molecule has 0 aliphatic rings. The van der Waals surface area contributed by atoms with Crippen molar-refractivity contribution in [1.29, 1.82) is 0 Å². The lowest BCUT2D eigenvalue weighted by Crippen LogP contribution is -2.12. The molecule has 0 radical (unpaired) electrons. The zero-order chi connectivity index (χ0) is 18.5. The van der Waals surface area contributed by atoms with E-state index >= 15 is 0 Å². The van der Waals surface area contributed by atoms with E-state index in [1.54, 1.807) is 38.1 Å². The molecule has 0 aliphatic heterocycles. The molecule has 0 bridgehead atoms. The first-order valence-corrected chi connectivity index (χ1v) is 8.10. The maximum Gasteiger partial charge on any atom is 0.344 e. The van der Waals surface area contributed by atoms with E-state index in [4.69, 9.17) is 9.26 Å². The smallest absolute Gasteiger partial charge is 0.344 e. The van der Waals surface area contributed by atoms with Crippen molar-refractivity contribution in [2.75, 3.05) is 5.32 Å². The van der Waals surface area contributed by atoms with Gasteiger partial charge in [-0.15, -0.1) is 0 Å². The summed E-state index contributed by atoms with van der Waals surface area (Å²) in [6, 6.07) is 16.1. The number of aryl methyl sites for hydroxylation is 2. The zero-order valence-electron chi connectivity index (χ0n) is 14.5. The molecule has 0 aliphatic carbocycles. The highest BCUT2D eigenvalue weighted by Crippen LogP contribution is 2.15. The van der Waals surface area contributed by atoms with Gasteiger partial charge in [0, 0.05) is 11.3 Å². The standard InChI is InChI=1S/C20H18N2O4/c1-13-18(14(2)26-22-13)20(24)25-12-15-8-10-16(11-9-15)19(23)21-17-6-4-3-5-7-17/h3-11H,12H2,1-2H3,(H,21,23). The molecule has 2 aromatic carbocycles. The number of aromatic nitrogens is 1. The molecule has 0 fully saturated rings. The number of ether oxygens (including phenoxy) is 1. The first-order valence-electron chi connectivity index (χ1n) is 8.10. The molecule has 6 heteroatoms. The second-order valence-corrected chi connectivity index (χ2v) is 5.79. The number of para-hydroxylation sites is 1. The van der Waals surface area contributed by atoms with Crippen LogP contribution in [0.3, 0.4) is 0 Å². The Morgan fingerprint density at radius 2 is 1.73 bits per heavy atom. The number of benzene rings is 2. The van der Waals surface area contributed by atoms with E-state index in [2.05, 4.69) is 10.5 Å². The first kappa shape index (κ1) is 17.4. The van der Waals surface area contributed by atoms with Crippen molar-refractivity contribution in [3.8, 4) is 0 Å². The Balaban J connectivity index is 1.59. The maximum absolute atomic E-state index is 12.2. The van der Waals surface area contributed by atoms with Crippen LogP contribution < -0.4 is 5.32 Å². The van der Waals surface area contributed by atoms with Crippen LogP contribution in [0.5, 0.6) is 0 Å². The van der Waals surface area contributed by atoms with Crippen LogP contribution in [0.2, 0.25) is 0 Å². The van der Waals surface area contributed by atoms with Gasteiger partial charge in [0.25, 0.3) is 5.91 Å². The molecule has 0 atom stereocenters. The second-order valence-electron chi connectivity index (χ2n) is 5.79. The molecule has 3 aromatic rings. The quantitative estimate of drug-likeness (QED) is 0.706. The molecule has 0 spiro atoms. The van der Waals surface area contributed by atoms with E-state index in [1.807, 2.05) is 30.3 Å². The molecule has 6 nitrogen and oxygen atoms in total. The van der Waals surface area contributed by atoms with Crippen LogP contribution in [0.25, 0.3) is 0 Å². The van der Waals surface area contributed by atoms with Gasteiger partial charge in [0.2, 0.25) is 0 Å². The number of hydrogen-bond acceptors (Lipinski definition) is 5. The normalized spacial score (nSPS) is 10.4. The largest absolute Gasteiger partial charge is 0.457 e. The average molecular weight is 350 g/mol. The van der Waals surface area contributed by atoms with Crippen molar-refractivity contribution in [2.24, 2.45) is 0 Å². The van der Waals surface area contributed by atoms with Gasteiger partial charge in [-0.2, -0.15) is 0 Å². The highest BCUT2D eigenvalue weighted by atomic mass is 16.5. The summed E-state index contributed by atoms with van der Waals surface area (Å²) >= 11 is 0. The third-order valence-corrected chi connectivity index (χ3v) is 3.86. The second kappa shape index (κ2) is 7.65. The fraction of sp³-hybridized carbons (Fsp3) is 0.150. The number of rotatable bonds is 5. The molecule has 1 aromatic heterocycles. The molecule has 1 amide bonds. The van der Waals surface area contributed by atoms with Gasteiger partial charge in [-0.1, -0.05) is 35.5 Å². The van der Waals surface area contributed by atoms with Gasteiger partial charge in [-0.3, -0.25) is 4.79 Å². The number of carbonyl (C=O) groups is 2. The fourth-order valence-corrected chi connectivity index (χ4v) is 2.47. The van der Waals surface area contributed by atoms with Gasteiger partial charge in [-0.25, -0.2) is 4.79 Å². The van der Waals surface area contributed by atoms with Crippen LogP contribution in [0.1, 0.15) is 37.7 Å². The summed E-state index contributed by atoms with van der Waals surface area (Å²) in [6.45, 7) is 3.45. The number of nitrogens with one attached hydrogen (secondary N) is 1. The maximum atomic E-state index is 12.2. The Morgan fingerprint density at radius 3 is 2.35 bits per heavy atom. The monoisotopic (exact) mass is 350 g/mol. The van der Waals surface area contributed by atoms with Gasteiger partial charge in [-0.05, 0) is 43.7 Å². The number of carbonyl (C=O) groups excluding carboxylic acids is 2. The van der Waals surface area contributed by atoms with E-state index in [1.165, 1.54) is 0 Å². The number of anilines is 1. The van der Waals surface area contributed by atoms with Gasteiger partial charge < -0.3 is 14.6 Å². The lowest BCUT2D eigenvalue weighted by Gasteiger charge is -2.07. The third-order valence-electron chi connectivity index (χ3n) is 3.86. The van der Waals surface area contributed by atoms with Crippen molar-refractivity contribution < 1.29 is 18.8 Å². The fourth-order valence-electron chi connectivity index (χ4n) is 2.47. The molecule has 0 saturated carbocycles. The Labute approximate surface area is 150 Å². The van der Waals surface area contributed by atoms with Crippen LogP contribution in [0, 0.1) is 13.8 Å². The molecule has 3 rings (SSSR count). The molecular weight excluding hydrogens is 332 g/mol. The molecule has 0 unspecified atom stereocenters. The molecule has 1 N–H and O–H groups in total. The van der Waals surface area contributed by atoms with E-state index in [0.717, 1.165) is 11.3 Å². The highest BCUT2D eigenvalue weighted by Gasteiger charge is 2.19. The Hall–Kier alpha value is -3.41. The van der Waals surface area contributed by atoms with Crippen LogP contribution in [0.15, 0.2) is 59.1 Å². The lowest BCUT2D eigenvalue weighted by atomic mass is 10.1. The molecule has 1 heterocycles. The van der Waals surface area contributed by atoms with E-state index in [0.29, 0.717) is 22.6 Å². The SMILES string of the molecule is Cc1noc(C)c1C(=O)OCc1ccc(C(=O)Nc2ccccc2)cc1. The topological polar surface area (TPSA) is 81.4 Å². The van der Waals surface area contributed by atoms with E-state index in [-0.39, 0.29) is 12.5 Å². The number of esters is 1. The summed E-state index contributed by atoms with van der Waals surface area (Å²) in [5.41, 5.74) is 2.88. The van der Waals surface area contributed by atoms with Crippen molar-refractivity contribution in [1.82, 2.24) is 5.16 Å². The van der Waals surface area contributed by atoms with Crippen LogP contribution in [-0.2, 0) is 11.3 Å². The Kier molecular flexibility index (Phi) is 5.12. The molecular formula is C20H18N2O4. The first-order chi connectivity index (χ1) is 12.5. The van der Waals surface area contributed by atoms with Crippen LogP contribution in [0.4, 0.5) is 5.69 Å². The predicted octanol–water partition coefficient (Wildman–Crippen LogP) is 3.90. The van der Waals surface area contributed by atoms with Gasteiger partial charge in [0.05, 0.1) is 5.69 Å². The van der Waals surface area contributed by atoms with Gasteiger partial charge in [0.15, 0.2) is 0 Å². The summed E-state index contributed by atoms with van der Waals surface area (Å²) in [6.07, 6.45) is 0. The third kappa shape index (κ3) is 3.97. The van der Waals surface area contributed by atoms with Crippen molar-refractivity contribution in [2.45, 2.75) is 20.5 Å². The van der Waals surface area contributed by atoms with Gasteiger partial charge >= 0.3 is 5.97 Å². The minimum atomic E-state index is -0.479. The average Bonchev–Trinajstić information content (AvgIpc) is 2.99. The predicted molar refractivity (Wildman–Crippen MR) is 95.9 cm³/mol. The lowest BCUT2D eigenvalue weighted by molar-refractivity contribution is 0.0469. The summed E-state index contributed by atoms with van der Waals surface area (Å²) in [4.78, 5) is 24.3. The Morgan fingerprint density at radius 1 is 1.04 bits per heavy atom. The Bertz CT molecular complexity index is 895. The summed E-state index contributed by atoms with van der Waals surface area (Å²) in [5, 5.41) is 6.55. The van der Waals surface area contributed by atoms with Crippen molar-refractivity contribution in [3.63, 3.8) is 0 Å². The molecule has 26 heavy (non-hydrogen) atoms. The highest BCUT2D eigenvalue weighted by molar-refractivity contribution is 6.04. The van der Waals surface area contributed by atoms with E-state index < -0.39 is 5.97 Å². The minimum Gasteiger partial charge on any atom is -0.457 e. The molecule has 132 valence electrons. The van der Waals surface area contributed by atoms with Crippen LogP contribution >= 0.6 is 0 Å². The van der Waals surface area contributed by atoms with Gasteiger partial charge in [0.1, 0.15) is 17.9 Å². The zero-order valence-corrected chi connectivity index (χ0v) is 14.5. The number of nitrogens with zero attached hydrogens (tertiary/aromatic N) is 1. The van der Waals surface area contributed by atoms with Crippen LogP contribution in [-0.4, -0.2) is 17.0 Å². The number of hydrogen-bond donors (Lipinski definition) is 1. The molecule has 0 saturated heterocycles.